The van der Waals surface area contributed by atoms with Crippen LogP contribution in [0.25, 0.3) is 10.6 Å². The highest BCUT2D eigenvalue weighted by Gasteiger charge is 2.21. The van der Waals surface area contributed by atoms with E-state index in [-0.39, 0.29) is 25.0 Å². The third-order valence-corrected chi connectivity index (χ3v) is 6.16. The molecule has 0 radical (unpaired) electrons. The molecule has 2 amide bonds. The van der Waals surface area contributed by atoms with E-state index in [0.29, 0.717) is 24.3 Å². The van der Waals surface area contributed by atoms with Gasteiger partial charge in [0.25, 0.3) is 0 Å². The van der Waals surface area contributed by atoms with E-state index in [4.69, 9.17) is 9.47 Å². The smallest absolute Gasteiger partial charge is 0.231 e. The van der Waals surface area contributed by atoms with Crippen LogP contribution in [0.5, 0.6) is 11.5 Å². The van der Waals surface area contributed by atoms with Crippen molar-refractivity contribution >= 4 is 34.5 Å². The lowest BCUT2D eigenvalue weighted by Crippen LogP contribution is -2.31. The monoisotopic (exact) mass is 421 g/mol. The van der Waals surface area contributed by atoms with Crippen LogP contribution < -0.4 is 19.7 Å². The second-order valence-corrected chi connectivity index (χ2v) is 8.09. The standard InChI is InChI=1S/C22H19N3O4S/c1-25-17-5-4-15(8-13(17)3-7-21(25)27)23-20(26)10-16-11-30-22(24-16)14-2-6-18-19(9-14)29-12-28-18/h2,4-6,8-9,11H,3,7,10,12H2,1H3,(H,23,26). The number of hydrogen-bond donors (Lipinski definition) is 1. The van der Waals surface area contributed by atoms with Gasteiger partial charge in [-0.3, -0.25) is 9.59 Å². The number of benzene rings is 2. The Kier molecular flexibility index (Phi) is 4.63. The largest absolute Gasteiger partial charge is 0.454 e. The Labute approximate surface area is 177 Å². The van der Waals surface area contributed by atoms with E-state index < -0.39 is 0 Å². The number of aromatic nitrogens is 1. The van der Waals surface area contributed by atoms with E-state index in [1.165, 1.54) is 11.3 Å². The van der Waals surface area contributed by atoms with Gasteiger partial charge in [-0.15, -0.1) is 11.3 Å². The molecule has 0 saturated carbocycles. The van der Waals surface area contributed by atoms with Gasteiger partial charge in [0.05, 0.1) is 12.1 Å². The molecule has 8 heteroatoms. The van der Waals surface area contributed by atoms with Gasteiger partial charge in [-0.05, 0) is 48.4 Å². The van der Waals surface area contributed by atoms with Crippen molar-refractivity contribution in [1.82, 2.24) is 4.98 Å². The highest BCUT2D eigenvalue weighted by atomic mass is 32.1. The summed E-state index contributed by atoms with van der Waals surface area (Å²) in [6, 6.07) is 11.3. The van der Waals surface area contributed by atoms with Crippen LogP contribution in [0.2, 0.25) is 0 Å². The molecule has 30 heavy (non-hydrogen) atoms. The van der Waals surface area contributed by atoms with E-state index in [2.05, 4.69) is 10.3 Å². The maximum atomic E-state index is 12.5. The Morgan fingerprint density at radius 2 is 2.03 bits per heavy atom. The molecule has 0 fully saturated rings. The lowest BCUT2D eigenvalue weighted by Gasteiger charge is -2.26. The highest BCUT2D eigenvalue weighted by Crippen LogP contribution is 2.36. The molecule has 1 aromatic heterocycles. The average Bonchev–Trinajstić information content (AvgIpc) is 3.39. The Balaban J connectivity index is 1.26. The van der Waals surface area contributed by atoms with Gasteiger partial charge in [-0.1, -0.05) is 0 Å². The average molecular weight is 421 g/mol. The van der Waals surface area contributed by atoms with Crippen molar-refractivity contribution < 1.29 is 19.1 Å². The van der Waals surface area contributed by atoms with E-state index in [0.717, 1.165) is 33.3 Å². The van der Waals surface area contributed by atoms with Crippen molar-refractivity contribution in [2.45, 2.75) is 19.3 Å². The number of nitrogens with one attached hydrogen (secondary N) is 1. The minimum absolute atomic E-state index is 0.112. The Bertz CT molecular complexity index is 1160. The van der Waals surface area contributed by atoms with Crippen molar-refractivity contribution in [2.24, 2.45) is 0 Å². The van der Waals surface area contributed by atoms with Crippen LogP contribution >= 0.6 is 11.3 Å². The van der Waals surface area contributed by atoms with Gasteiger partial charge in [0.2, 0.25) is 18.6 Å². The second-order valence-electron chi connectivity index (χ2n) is 7.23. The van der Waals surface area contributed by atoms with Crippen LogP contribution in [-0.4, -0.2) is 30.6 Å². The predicted molar refractivity (Wildman–Crippen MR) is 114 cm³/mol. The maximum Gasteiger partial charge on any atom is 0.231 e. The first-order valence-corrected chi connectivity index (χ1v) is 10.5. The number of ether oxygens (including phenoxy) is 2. The van der Waals surface area contributed by atoms with Crippen molar-refractivity contribution in [3.05, 3.63) is 53.0 Å². The van der Waals surface area contributed by atoms with Gasteiger partial charge in [0.15, 0.2) is 11.5 Å². The van der Waals surface area contributed by atoms with E-state index in [1.54, 1.807) is 11.9 Å². The lowest BCUT2D eigenvalue weighted by atomic mass is 10.0. The first-order chi connectivity index (χ1) is 14.6. The summed E-state index contributed by atoms with van der Waals surface area (Å²) >= 11 is 1.49. The third-order valence-electron chi connectivity index (χ3n) is 5.22. The van der Waals surface area contributed by atoms with Gasteiger partial charge in [-0.2, -0.15) is 0 Å². The molecule has 2 aliphatic rings. The molecule has 0 unspecified atom stereocenters. The molecule has 7 nitrogen and oxygen atoms in total. The van der Waals surface area contributed by atoms with Gasteiger partial charge in [0.1, 0.15) is 5.01 Å². The summed E-state index contributed by atoms with van der Waals surface area (Å²) in [6.45, 7) is 0.233. The Hall–Kier alpha value is -3.39. The van der Waals surface area contributed by atoms with Crippen LogP contribution in [0.15, 0.2) is 41.8 Å². The van der Waals surface area contributed by atoms with Crippen LogP contribution in [0.4, 0.5) is 11.4 Å². The lowest BCUT2D eigenvalue weighted by molar-refractivity contribution is -0.118. The van der Waals surface area contributed by atoms with Crippen LogP contribution in [0.1, 0.15) is 17.7 Å². The van der Waals surface area contributed by atoms with Gasteiger partial charge < -0.3 is 19.7 Å². The molecule has 2 aromatic carbocycles. The molecule has 0 spiro atoms. The van der Waals surface area contributed by atoms with Gasteiger partial charge in [0, 0.05) is 35.8 Å². The zero-order valence-corrected chi connectivity index (χ0v) is 17.1. The predicted octanol–water partition coefficient (Wildman–Crippen LogP) is 3.63. The van der Waals surface area contributed by atoms with E-state index in [1.807, 2.05) is 41.8 Å². The summed E-state index contributed by atoms with van der Waals surface area (Å²) in [4.78, 5) is 30.6. The Morgan fingerprint density at radius 1 is 1.17 bits per heavy atom. The normalized spacial score (nSPS) is 14.6. The molecule has 0 saturated heterocycles. The van der Waals surface area contributed by atoms with Crippen LogP contribution in [-0.2, 0) is 22.4 Å². The molecular weight excluding hydrogens is 402 g/mol. The molecule has 3 aromatic rings. The molecule has 2 aliphatic heterocycles. The number of nitrogens with zero attached hydrogens (tertiary/aromatic N) is 2. The molecular formula is C22H19N3O4S. The number of carbonyl (C=O) groups is 2. The SMILES string of the molecule is CN1C(=O)CCc2cc(NC(=O)Cc3csc(-c4ccc5c(c4)OCO5)n3)ccc21. The zero-order chi connectivity index (χ0) is 20.7. The number of rotatable bonds is 4. The van der Waals surface area contributed by atoms with Crippen molar-refractivity contribution in [1.29, 1.82) is 0 Å². The molecule has 1 N–H and O–H groups in total. The first kappa shape index (κ1) is 18.6. The number of fused-ring (bicyclic) bond motifs is 2. The molecule has 3 heterocycles. The van der Waals surface area contributed by atoms with Gasteiger partial charge >= 0.3 is 0 Å². The van der Waals surface area contributed by atoms with Crippen molar-refractivity contribution in [2.75, 3.05) is 24.1 Å². The zero-order valence-electron chi connectivity index (χ0n) is 16.3. The number of carbonyl (C=O) groups excluding carboxylic acids is 2. The fraction of sp³-hybridized carbons (Fsp3) is 0.227. The molecule has 152 valence electrons. The fourth-order valence-corrected chi connectivity index (χ4v) is 4.47. The summed E-state index contributed by atoms with van der Waals surface area (Å²) in [6.07, 6.45) is 1.37. The third kappa shape index (κ3) is 3.50. The fourth-order valence-electron chi connectivity index (χ4n) is 3.65. The number of amides is 2. The number of aryl methyl sites for hydroxylation is 1. The first-order valence-electron chi connectivity index (χ1n) is 9.60. The number of hydrogen-bond acceptors (Lipinski definition) is 6. The highest BCUT2D eigenvalue weighted by molar-refractivity contribution is 7.13. The molecule has 0 bridgehead atoms. The van der Waals surface area contributed by atoms with Crippen LogP contribution in [0, 0.1) is 0 Å². The summed E-state index contributed by atoms with van der Waals surface area (Å²) in [7, 11) is 1.78. The molecule has 5 rings (SSSR count). The number of anilines is 2. The maximum absolute atomic E-state index is 12.5. The summed E-state index contributed by atoms with van der Waals surface area (Å²) in [5.41, 5.74) is 4.34. The Morgan fingerprint density at radius 3 is 2.93 bits per heavy atom. The minimum atomic E-state index is -0.127. The van der Waals surface area contributed by atoms with Gasteiger partial charge in [-0.25, -0.2) is 4.98 Å². The topological polar surface area (TPSA) is 80.8 Å². The summed E-state index contributed by atoms with van der Waals surface area (Å²) < 4.78 is 10.8. The van der Waals surface area contributed by atoms with E-state index in [9.17, 15) is 9.59 Å². The molecule has 0 atom stereocenters. The van der Waals surface area contributed by atoms with Crippen molar-refractivity contribution in [3.8, 4) is 22.1 Å². The minimum Gasteiger partial charge on any atom is -0.454 e. The number of thiazole rings is 1. The van der Waals surface area contributed by atoms with E-state index >= 15 is 0 Å². The van der Waals surface area contributed by atoms with Crippen molar-refractivity contribution in [3.63, 3.8) is 0 Å². The quantitative estimate of drug-likeness (QED) is 0.696. The summed E-state index contributed by atoms with van der Waals surface area (Å²) in [5.74, 6) is 1.43. The van der Waals surface area contributed by atoms with Crippen LogP contribution in [0.3, 0.4) is 0 Å². The molecule has 0 aliphatic carbocycles. The summed E-state index contributed by atoms with van der Waals surface area (Å²) in [5, 5.41) is 5.66. The second kappa shape index (κ2) is 7.46.